The first-order valence-corrected chi connectivity index (χ1v) is 8.75. The molecule has 4 unspecified atom stereocenters. The number of carbonyl (C=O) groups excluding carboxylic acids is 2. The van der Waals surface area contributed by atoms with Crippen LogP contribution in [0.15, 0.2) is 22.9 Å². The first-order chi connectivity index (χ1) is 9.75. The highest BCUT2D eigenvalue weighted by molar-refractivity contribution is 7.12. The maximum Gasteiger partial charge on any atom is 0.176 e. The van der Waals surface area contributed by atoms with Gasteiger partial charge in [0, 0.05) is 11.8 Å². The SMILES string of the molecule is O=C1c2sccc2C2CC3C(=O)c4sccc4C3CC12. The Labute approximate surface area is 124 Å². The molecule has 20 heavy (non-hydrogen) atoms. The van der Waals surface area contributed by atoms with Crippen molar-refractivity contribution in [1.82, 2.24) is 0 Å². The van der Waals surface area contributed by atoms with Gasteiger partial charge in [0.25, 0.3) is 0 Å². The summed E-state index contributed by atoms with van der Waals surface area (Å²) in [5, 5.41) is 4.02. The molecule has 0 spiro atoms. The molecule has 0 aliphatic heterocycles. The van der Waals surface area contributed by atoms with Gasteiger partial charge in [-0.25, -0.2) is 0 Å². The smallest absolute Gasteiger partial charge is 0.176 e. The summed E-state index contributed by atoms with van der Waals surface area (Å²) < 4.78 is 0. The molecule has 4 atom stereocenters. The first kappa shape index (κ1) is 11.4. The summed E-state index contributed by atoms with van der Waals surface area (Å²) >= 11 is 3.14. The summed E-state index contributed by atoms with van der Waals surface area (Å²) in [7, 11) is 0. The lowest BCUT2D eigenvalue weighted by atomic mass is 9.68. The van der Waals surface area contributed by atoms with Gasteiger partial charge in [0.15, 0.2) is 11.6 Å². The normalized spacial score (nSPS) is 33.8. The molecule has 5 rings (SSSR count). The summed E-state index contributed by atoms with van der Waals surface area (Å²) in [5.74, 6) is 1.49. The van der Waals surface area contributed by atoms with E-state index in [0.29, 0.717) is 23.4 Å². The molecule has 2 aromatic rings. The Morgan fingerprint density at radius 1 is 0.750 bits per heavy atom. The van der Waals surface area contributed by atoms with Crippen molar-refractivity contribution < 1.29 is 9.59 Å². The number of rotatable bonds is 0. The van der Waals surface area contributed by atoms with Crippen LogP contribution < -0.4 is 0 Å². The van der Waals surface area contributed by atoms with Crippen LogP contribution in [0.25, 0.3) is 0 Å². The van der Waals surface area contributed by atoms with Gasteiger partial charge in [0.2, 0.25) is 0 Å². The molecule has 4 heteroatoms. The van der Waals surface area contributed by atoms with E-state index in [-0.39, 0.29) is 11.8 Å². The van der Waals surface area contributed by atoms with Gasteiger partial charge in [-0.2, -0.15) is 0 Å². The highest BCUT2D eigenvalue weighted by Gasteiger charge is 2.52. The van der Waals surface area contributed by atoms with Crippen LogP contribution in [0.2, 0.25) is 0 Å². The van der Waals surface area contributed by atoms with E-state index in [4.69, 9.17) is 0 Å². The Bertz CT molecular complexity index is 690. The van der Waals surface area contributed by atoms with Crippen molar-refractivity contribution in [1.29, 1.82) is 0 Å². The number of fused-ring (bicyclic) bond motifs is 6. The minimum atomic E-state index is 0.123. The maximum absolute atomic E-state index is 12.5. The number of thiophene rings is 2. The third kappa shape index (κ3) is 1.20. The Morgan fingerprint density at radius 2 is 1.20 bits per heavy atom. The van der Waals surface area contributed by atoms with E-state index in [0.717, 1.165) is 22.6 Å². The number of hydrogen-bond acceptors (Lipinski definition) is 4. The van der Waals surface area contributed by atoms with Gasteiger partial charge < -0.3 is 0 Å². The molecule has 0 bridgehead atoms. The highest BCUT2D eigenvalue weighted by atomic mass is 32.1. The van der Waals surface area contributed by atoms with Crippen molar-refractivity contribution in [2.75, 3.05) is 0 Å². The van der Waals surface area contributed by atoms with Crippen LogP contribution in [0.5, 0.6) is 0 Å². The second-order valence-electron chi connectivity index (χ2n) is 6.04. The Morgan fingerprint density at radius 3 is 1.65 bits per heavy atom. The molecule has 3 aliphatic carbocycles. The van der Waals surface area contributed by atoms with E-state index < -0.39 is 0 Å². The van der Waals surface area contributed by atoms with E-state index in [1.807, 2.05) is 10.8 Å². The monoisotopic (exact) mass is 300 g/mol. The number of hydrogen-bond donors (Lipinski definition) is 0. The molecular weight excluding hydrogens is 288 g/mol. The summed E-state index contributed by atoms with van der Waals surface area (Å²) in [6.07, 6.45) is 1.73. The van der Waals surface area contributed by atoms with Crippen LogP contribution in [0.4, 0.5) is 0 Å². The number of Topliss-reactive ketones (excluding diaryl/α,β-unsaturated/α-hetero) is 2. The summed E-state index contributed by atoms with van der Waals surface area (Å²) in [6, 6.07) is 4.19. The molecule has 3 aliphatic rings. The molecule has 2 nitrogen and oxygen atoms in total. The molecular formula is C16H12O2S2. The highest BCUT2D eigenvalue weighted by Crippen LogP contribution is 2.58. The van der Waals surface area contributed by atoms with Crippen LogP contribution in [0.3, 0.4) is 0 Å². The van der Waals surface area contributed by atoms with E-state index in [2.05, 4.69) is 12.1 Å². The third-order valence-corrected chi connectivity index (χ3v) is 7.19. The van der Waals surface area contributed by atoms with E-state index >= 15 is 0 Å². The quantitative estimate of drug-likeness (QED) is 0.734. The fourth-order valence-corrected chi connectivity index (χ4v) is 6.38. The van der Waals surface area contributed by atoms with E-state index in [1.165, 1.54) is 11.1 Å². The molecule has 0 saturated heterocycles. The number of carbonyl (C=O) groups is 2. The van der Waals surface area contributed by atoms with Crippen molar-refractivity contribution in [3.05, 3.63) is 43.8 Å². The summed E-state index contributed by atoms with van der Waals surface area (Å²) in [5.41, 5.74) is 2.43. The molecule has 0 radical (unpaired) electrons. The molecule has 0 N–H and O–H groups in total. The van der Waals surface area contributed by atoms with Crippen LogP contribution in [-0.4, -0.2) is 11.6 Å². The first-order valence-electron chi connectivity index (χ1n) is 6.99. The minimum absolute atomic E-state index is 0.123. The minimum Gasteiger partial charge on any atom is -0.293 e. The van der Waals surface area contributed by atoms with E-state index in [9.17, 15) is 9.59 Å². The van der Waals surface area contributed by atoms with Gasteiger partial charge in [-0.05, 0) is 58.7 Å². The largest absolute Gasteiger partial charge is 0.293 e. The molecule has 0 aromatic carbocycles. The molecule has 2 heterocycles. The van der Waals surface area contributed by atoms with Crippen LogP contribution in [0.1, 0.15) is 55.1 Å². The lowest BCUT2D eigenvalue weighted by Crippen LogP contribution is -2.29. The van der Waals surface area contributed by atoms with Gasteiger partial charge in [-0.1, -0.05) is 0 Å². The summed E-state index contributed by atoms with van der Waals surface area (Å²) in [6.45, 7) is 0. The van der Waals surface area contributed by atoms with Crippen LogP contribution in [0, 0.1) is 11.8 Å². The maximum atomic E-state index is 12.5. The number of ketones is 2. The lowest BCUT2D eigenvalue weighted by Gasteiger charge is -2.33. The fourth-order valence-electron chi connectivity index (χ4n) is 4.43. The Kier molecular flexibility index (Phi) is 2.10. The molecule has 0 amide bonds. The average molecular weight is 300 g/mol. The van der Waals surface area contributed by atoms with Gasteiger partial charge in [0.05, 0.1) is 9.75 Å². The van der Waals surface area contributed by atoms with Crippen molar-refractivity contribution in [3.8, 4) is 0 Å². The molecule has 1 fully saturated rings. The van der Waals surface area contributed by atoms with Crippen LogP contribution in [-0.2, 0) is 0 Å². The zero-order chi connectivity index (χ0) is 13.4. The Balaban J connectivity index is 1.60. The average Bonchev–Trinajstić information content (AvgIpc) is 3.17. The third-order valence-electron chi connectivity index (χ3n) is 5.30. The van der Waals surface area contributed by atoms with Crippen molar-refractivity contribution in [3.63, 3.8) is 0 Å². The van der Waals surface area contributed by atoms with Gasteiger partial charge in [0.1, 0.15) is 0 Å². The van der Waals surface area contributed by atoms with Gasteiger partial charge >= 0.3 is 0 Å². The standard InChI is InChI=1S/C16H12O2S2/c17-13-11-6-10-8-2-4-20-16(8)14(18)12(10)5-9(11)7-1-3-19-15(7)13/h1-4,9-12H,5-6H2. The molecule has 100 valence electrons. The summed E-state index contributed by atoms with van der Waals surface area (Å²) in [4.78, 5) is 27.0. The predicted octanol–water partition coefficient (Wildman–Crippen LogP) is 4.10. The second kappa shape index (κ2) is 3.68. The molecule has 2 aromatic heterocycles. The van der Waals surface area contributed by atoms with Crippen molar-refractivity contribution in [2.24, 2.45) is 11.8 Å². The van der Waals surface area contributed by atoms with Gasteiger partial charge in [-0.3, -0.25) is 9.59 Å². The van der Waals surface area contributed by atoms with Crippen molar-refractivity contribution in [2.45, 2.75) is 24.7 Å². The van der Waals surface area contributed by atoms with Gasteiger partial charge in [-0.15, -0.1) is 22.7 Å². The van der Waals surface area contributed by atoms with Crippen molar-refractivity contribution >= 4 is 34.2 Å². The zero-order valence-corrected chi connectivity index (χ0v) is 12.3. The zero-order valence-electron chi connectivity index (χ0n) is 10.7. The fraction of sp³-hybridized carbons (Fsp3) is 0.375. The molecule has 1 saturated carbocycles. The Hall–Kier alpha value is -1.26. The lowest BCUT2D eigenvalue weighted by molar-refractivity contribution is 0.0790. The second-order valence-corrected chi connectivity index (χ2v) is 7.87. The van der Waals surface area contributed by atoms with Crippen LogP contribution >= 0.6 is 22.7 Å². The predicted molar refractivity (Wildman–Crippen MR) is 79.0 cm³/mol. The van der Waals surface area contributed by atoms with E-state index in [1.54, 1.807) is 22.7 Å². The topological polar surface area (TPSA) is 34.1 Å².